The highest BCUT2D eigenvalue weighted by molar-refractivity contribution is 8.04. The molecule has 2 heterocycles. The maximum Gasteiger partial charge on any atom is 0.340 e. The van der Waals surface area contributed by atoms with Gasteiger partial charge in [0.1, 0.15) is 19.3 Å². The van der Waals surface area contributed by atoms with Gasteiger partial charge in [-0.2, -0.15) is 4.73 Å². The molecular formula is C12H20N5O4PS. The lowest BCUT2D eigenvalue weighted by molar-refractivity contribution is 0.132. The van der Waals surface area contributed by atoms with Gasteiger partial charge in [-0.3, -0.25) is 4.57 Å². The Morgan fingerprint density at radius 1 is 1.26 bits per heavy atom. The number of imidazole rings is 1. The number of nitrogens with zero attached hydrogens (tertiary/aromatic N) is 4. The molecule has 0 atom stereocenters. The first kappa shape index (κ1) is 18.0. The number of hydrogen-bond acceptors (Lipinski definition) is 9. The first-order chi connectivity index (χ1) is 11.1. The molecule has 2 N–H and O–H groups in total. The molecule has 0 aromatic carbocycles. The molecule has 0 radical (unpaired) electrons. The lowest BCUT2D eigenvalue weighted by Crippen LogP contribution is -2.14. The zero-order valence-electron chi connectivity index (χ0n) is 13.0. The molecular weight excluding hydrogens is 341 g/mol. The molecule has 2 rings (SSSR count). The number of nitrogen functional groups attached to an aromatic ring is 1. The lowest BCUT2D eigenvalue weighted by Gasteiger charge is -2.16. The van der Waals surface area contributed by atoms with E-state index in [-0.39, 0.29) is 5.49 Å². The third-order valence-corrected chi connectivity index (χ3v) is 6.44. The van der Waals surface area contributed by atoms with Gasteiger partial charge in [0.25, 0.3) is 0 Å². The number of anilines is 1. The van der Waals surface area contributed by atoms with Gasteiger partial charge in [0.15, 0.2) is 11.3 Å². The number of thioether (sulfide) groups is 1. The molecule has 0 fully saturated rings. The van der Waals surface area contributed by atoms with Crippen molar-refractivity contribution in [2.75, 3.05) is 36.8 Å². The molecule has 0 saturated carbocycles. The van der Waals surface area contributed by atoms with Crippen LogP contribution in [0.15, 0.2) is 12.7 Å². The Kier molecular flexibility index (Phi) is 6.64. The van der Waals surface area contributed by atoms with Crippen molar-refractivity contribution in [1.29, 1.82) is 0 Å². The van der Waals surface area contributed by atoms with Crippen LogP contribution in [0.3, 0.4) is 0 Å². The quantitative estimate of drug-likeness (QED) is 0.499. The Morgan fingerprint density at radius 2 is 2.00 bits per heavy atom. The molecule has 0 bridgehead atoms. The van der Waals surface area contributed by atoms with E-state index in [1.807, 2.05) is 0 Å². The van der Waals surface area contributed by atoms with Crippen LogP contribution in [0.25, 0.3) is 11.2 Å². The predicted molar refractivity (Wildman–Crippen MR) is 89.4 cm³/mol. The lowest BCUT2D eigenvalue weighted by atomic mass is 10.5. The van der Waals surface area contributed by atoms with Crippen molar-refractivity contribution >= 4 is 36.3 Å². The van der Waals surface area contributed by atoms with Gasteiger partial charge in [0.2, 0.25) is 5.65 Å². The van der Waals surface area contributed by atoms with Crippen molar-refractivity contribution < 1.29 is 18.5 Å². The fraction of sp³-hybridized carbons (Fsp3) is 0.583. The zero-order valence-corrected chi connectivity index (χ0v) is 14.8. The molecule has 0 amide bonds. The highest BCUT2D eigenvalue weighted by Gasteiger charge is 2.23. The van der Waals surface area contributed by atoms with Crippen molar-refractivity contribution in [3.8, 4) is 0 Å². The molecule has 0 unspecified atom stereocenters. The Hall–Kier alpha value is -1.35. The Labute approximate surface area is 138 Å². The van der Waals surface area contributed by atoms with Gasteiger partial charge in [-0.05, 0) is 13.8 Å². The summed E-state index contributed by atoms with van der Waals surface area (Å²) in [6.45, 7) is 4.68. The third-order valence-electron chi connectivity index (χ3n) is 2.69. The van der Waals surface area contributed by atoms with E-state index in [1.54, 1.807) is 13.8 Å². The second-order valence-electron chi connectivity index (χ2n) is 4.32. The third kappa shape index (κ3) is 4.81. The van der Waals surface area contributed by atoms with E-state index in [0.29, 0.717) is 42.6 Å². The number of aromatic nitrogens is 4. The van der Waals surface area contributed by atoms with Gasteiger partial charge in [-0.1, -0.05) is 0 Å². The normalized spacial score (nSPS) is 11.9. The summed E-state index contributed by atoms with van der Waals surface area (Å²) in [6.07, 6.45) is 2.85. The van der Waals surface area contributed by atoms with E-state index in [2.05, 4.69) is 15.0 Å². The van der Waals surface area contributed by atoms with Crippen LogP contribution in [0, 0.1) is 0 Å². The molecule has 0 aliphatic carbocycles. The Morgan fingerprint density at radius 3 is 2.70 bits per heavy atom. The SMILES string of the molecule is CCOP(=O)(CSCCOn1cnc2c(N)ncnc21)OCC. The van der Waals surface area contributed by atoms with Crippen LogP contribution in [-0.2, 0) is 13.6 Å². The first-order valence-corrected chi connectivity index (χ1v) is 10.0. The second-order valence-corrected chi connectivity index (χ2v) is 7.91. The summed E-state index contributed by atoms with van der Waals surface area (Å²) in [4.78, 5) is 17.6. The van der Waals surface area contributed by atoms with E-state index < -0.39 is 7.60 Å². The minimum atomic E-state index is -3.01. The smallest absolute Gasteiger partial charge is 0.340 e. The van der Waals surface area contributed by atoms with E-state index >= 15 is 0 Å². The number of hydrogen-bond donors (Lipinski definition) is 1. The number of rotatable bonds is 10. The fourth-order valence-corrected chi connectivity index (χ4v) is 4.86. The minimum Gasteiger partial charge on any atom is -0.410 e. The molecule has 2 aromatic heterocycles. The second kappa shape index (κ2) is 8.49. The average Bonchev–Trinajstić information content (AvgIpc) is 2.92. The van der Waals surface area contributed by atoms with Gasteiger partial charge in [-0.25, -0.2) is 15.0 Å². The van der Waals surface area contributed by atoms with Crippen molar-refractivity contribution in [2.45, 2.75) is 13.8 Å². The van der Waals surface area contributed by atoms with Crippen LogP contribution < -0.4 is 10.6 Å². The summed E-state index contributed by atoms with van der Waals surface area (Å²) >= 11 is 1.44. The number of nitrogens with two attached hydrogens (primary N) is 1. The molecule has 2 aromatic rings. The summed E-state index contributed by atoms with van der Waals surface area (Å²) in [7, 11) is -3.01. The zero-order chi connectivity index (χ0) is 16.7. The molecule has 23 heavy (non-hydrogen) atoms. The van der Waals surface area contributed by atoms with E-state index in [1.165, 1.54) is 29.1 Å². The van der Waals surface area contributed by atoms with Crippen molar-refractivity contribution in [1.82, 2.24) is 19.7 Å². The standard InChI is InChI=1S/C12H20N5O4PS/c1-3-20-22(18,21-4-2)9-23-6-5-19-17-8-16-10-11(13)14-7-15-12(10)17/h7-8H,3-6,9H2,1-2H3,(H2,13,14,15). The van der Waals surface area contributed by atoms with E-state index in [0.717, 1.165) is 0 Å². The van der Waals surface area contributed by atoms with Crippen molar-refractivity contribution in [2.24, 2.45) is 0 Å². The predicted octanol–water partition coefficient (Wildman–Crippen LogP) is 1.79. The van der Waals surface area contributed by atoms with Crippen LogP contribution in [0.4, 0.5) is 5.82 Å². The van der Waals surface area contributed by atoms with Gasteiger partial charge in [0.05, 0.1) is 18.7 Å². The molecule has 11 heteroatoms. The van der Waals surface area contributed by atoms with Gasteiger partial charge >= 0.3 is 7.60 Å². The van der Waals surface area contributed by atoms with Crippen LogP contribution in [0.5, 0.6) is 0 Å². The average molecular weight is 361 g/mol. The molecule has 0 saturated heterocycles. The first-order valence-electron chi connectivity index (χ1n) is 7.12. The molecule has 0 spiro atoms. The van der Waals surface area contributed by atoms with E-state index in [9.17, 15) is 4.57 Å². The monoisotopic (exact) mass is 361 g/mol. The van der Waals surface area contributed by atoms with Crippen molar-refractivity contribution in [3.05, 3.63) is 12.7 Å². The van der Waals surface area contributed by atoms with Gasteiger partial charge in [0, 0.05) is 5.75 Å². The highest BCUT2D eigenvalue weighted by Crippen LogP contribution is 2.50. The summed E-state index contributed by atoms with van der Waals surface area (Å²) < 4.78 is 24.1. The van der Waals surface area contributed by atoms with Gasteiger partial charge in [-0.15, -0.1) is 11.8 Å². The van der Waals surface area contributed by atoms with Crippen LogP contribution in [-0.4, -0.2) is 50.7 Å². The maximum absolute atomic E-state index is 12.3. The minimum absolute atomic E-state index is 0.290. The highest BCUT2D eigenvalue weighted by atomic mass is 32.2. The fourth-order valence-electron chi connectivity index (χ4n) is 1.80. The van der Waals surface area contributed by atoms with Crippen LogP contribution >= 0.6 is 19.4 Å². The molecule has 0 aliphatic heterocycles. The largest absolute Gasteiger partial charge is 0.410 e. The summed E-state index contributed by atoms with van der Waals surface area (Å²) in [5, 5.41) is 0. The van der Waals surface area contributed by atoms with Crippen molar-refractivity contribution in [3.63, 3.8) is 0 Å². The summed E-state index contributed by atoms with van der Waals surface area (Å²) in [6, 6.07) is 0. The molecule has 0 aliphatic rings. The summed E-state index contributed by atoms with van der Waals surface area (Å²) in [5.41, 5.74) is 7.00. The van der Waals surface area contributed by atoms with Crippen LogP contribution in [0.1, 0.15) is 13.8 Å². The number of fused-ring (bicyclic) bond motifs is 1. The van der Waals surface area contributed by atoms with E-state index in [4.69, 9.17) is 19.6 Å². The van der Waals surface area contributed by atoms with Gasteiger partial charge < -0.3 is 19.6 Å². The molecule has 128 valence electrons. The topological polar surface area (TPSA) is 114 Å². The molecule has 9 nitrogen and oxygen atoms in total. The van der Waals surface area contributed by atoms with Crippen LogP contribution in [0.2, 0.25) is 0 Å². The summed E-state index contributed by atoms with van der Waals surface area (Å²) in [5.74, 6) is 0.922. The Bertz CT molecular complexity index is 673. The Balaban J connectivity index is 1.81. The maximum atomic E-state index is 12.3.